The zero-order chi connectivity index (χ0) is 7.72. The van der Waals surface area contributed by atoms with Gasteiger partial charge in [0.15, 0.2) is 0 Å². The first kappa shape index (κ1) is 7.19. The summed E-state index contributed by atoms with van der Waals surface area (Å²) in [5, 5.41) is 0. The maximum Gasteiger partial charge on any atom is 0.129 e. The average molecular weight is 141 g/mol. The van der Waals surface area contributed by atoms with E-state index in [1.807, 2.05) is 0 Å². The van der Waals surface area contributed by atoms with Crippen LogP contribution in [0.1, 0.15) is 11.1 Å². The van der Waals surface area contributed by atoms with Crippen molar-refractivity contribution in [2.45, 2.75) is 6.92 Å². The van der Waals surface area contributed by atoms with Crippen LogP contribution < -0.4 is 0 Å². The van der Waals surface area contributed by atoms with E-state index < -0.39 is 11.6 Å². The molecule has 0 aromatic heterocycles. The smallest absolute Gasteiger partial charge is 0.129 e. The first-order chi connectivity index (χ1) is 4.61. The Morgan fingerprint density at radius 2 is 1.90 bits per heavy atom. The van der Waals surface area contributed by atoms with E-state index in [4.69, 9.17) is 0 Å². The summed E-state index contributed by atoms with van der Waals surface area (Å²) >= 11 is 0. The molecule has 0 unspecified atom stereocenters. The van der Waals surface area contributed by atoms with E-state index in [1.165, 1.54) is 6.07 Å². The third-order valence-corrected chi connectivity index (χ3v) is 1.42. The Bertz CT molecular complexity index is 230. The number of hydrogen-bond donors (Lipinski definition) is 0. The molecular formula is C8H7F2. The van der Waals surface area contributed by atoms with Crippen LogP contribution in [0.15, 0.2) is 12.1 Å². The van der Waals surface area contributed by atoms with Crippen LogP contribution in [0.3, 0.4) is 0 Å². The van der Waals surface area contributed by atoms with Crippen LogP contribution >= 0.6 is 0 Å². The van der Waals surface area contributed by atoms with Crippen molar-refractivity contribution < 1.29 is 8.78 Å². The van der Waals surface area contributed by atoms with Gasteiger partial charge in [0.1, 0.15) is 11.6 Å². The Labute approximate surface area is 58.5 Å². The summed E-state index contributed by atoms with van der Waals surface area (Å²) in [5.74, 6) is -1.11. The molecule has 0 aliphatic heterocycles. The highest BCUT2D eigenvalue weighted by Crippen LogP contribution is 2.12. The normalized spacial score (nSPS) is 10.0. The highest BCUT2D eigenvalue weighted by Gasteiger charge is 2.01. The minimum Gasteiger partial charge on any atom is -0.207 e. The molecule has 0 saturated carbocycles. The zero-order valence-electron chi connectivity index (χ0n) is 5.62. The Kier molecular flexibility index (Phi) is 1.70. The standard InChI is InChI=1S/C8H7F2/c1-5-3-7(9)4-8(10)6(5)2/h3-4H,1H2,2H3. The van der Waals surface area contributed by atoms with E-state index in [0.29, 0.717) is 11.1 Å². The van der Waals surface area contributed by atoms with Gasteiger partial charge in [-0.3, -0.25) is 0 Å². The van der Waals surface area contributed by atoms with Gasteiger partial charge in [0, 0.05) is 6.07 Å². The summed E-state index contributed by atoms with van der Waals surface area (Å²) in [6.07, 6.45) is 0. The molecule has 0 aliphatic carbocycles. The molecule has 1 aromatic rings. The molecule has 0 bridgehead atoms. The molecule has 0 saturated heterocycles. The van der Waals surface area contributed by atoms with Crippen LogP contribution in [0.4, 0.5) is 8.78 Å². The molecule has 0 N–H and O–H groups in total. The molecule has 0 aliphatic rings. The molecule has 0 heterocycles. The van der Waals surface area contributed by atoms with Gasteiger partial charge in [-0.2, -0.15) is 0 Å². The van der Waals surface area contributed by atoms with Crippen molar-refractivity contribution in [3.63, 3.8) is 0 Å². The topological polar surface area (TPSA) is 0 Å². The van der Waals surface area contributed by atoms with E-state index in [-0.39, 0.29) is 0 Å². The fourth-order valence-corrected chi connectivity index (χ4v) is 0.699. The lowest BCUT2D eigenvalue weighted by atomic mass is 10.1. The van der Waals surface area contributed by atoms with Gasteiger partial charge >= 0.3 is 0 Å². The lowest BCUT2D eigenvalue weighted by Gasteiger charge is -1.99. The van der Waals surface area contributed by atoms with E-state index in [2.05, 4.69) is 6.92 Å². The highest BCUT2D eigenvalue weighted by atomic mass is 19.1. The predicted molar refractivity (Wildman–Crippen MR) is 35.6 cm³/mol. The first-order valence-electron chi connectivity index (χ1n) is 2.89. The maximum absolute atomic E-state index is 12.6. The molecule has 10 heavy (non-hydrogen) atoms. The Morgan fingerprint density at radius 1 is 1.30 bits per heavy atom. The van der Waals surface area contributed by atoms with Gasteiger partial charge in [-0.25, -0.2) is 8.78 Å². The monoisotopic (exact) mass is 141 g/mol. The quantitative estimate of drug-likeness (QED) is 0.520. The fourth-order valence-electron chi connectivity index (χ4n) is 0.699. The molecule has 0 nitrogen and oxygen atoms in total. The van der Waals surface area contributed by atoms with E-state index in [1.54, 1.807) is 6.92 Å². The van der Waals surface area contributed by atoms with Gasteiger partial charge in [-0.15, -0.1) is 0 Å². The van der Waals surface area contributed by atoms with Gasteiger partial charge in [-0.05, 0) is 31.0 Å². The summed E-state index contributed by atoms with van der Waals surface area (Å²) in [6, 6.07) is 2.06. The lowest BCUT2D eigenvalue weighted by Crippen LogP contribution is -1.88. The number of rotatable bonds is 0. The number of halogens is 2. The molecule has 1 rings (SSSR count). The minimum absolute atomic E-state index is 0.400. The Morgan fingerprint density at radius 3 is 2.40 bits per heavy atom. The molecule has 0 spiro atoms. The minimum atomic E-state index is -0.576. The van der Waals surface area contributed by atoms with Crippen molar-refractivity contribution >= 4 is 0 Å². The summed E-state index contributed by atoms with van der Waals surface area (Å²) in [4.78, 5) is 0. The van der Waals surface area contributed by atoms with Crippen molar-refractivity contribution in [1.29, 1.82) is 0 Å². The van der Waals surface area contributed by atoms with Gasteiger partial charge in [-0.1, -0.05) is 0 Å². The van der Waals surface area contributed by atoms with Crippen molar-refractivity contribution in [3.8, 4) is 0 Å². The van der Waals surface area contributed by atoms with Crippen LogP contribution in [0.5, 0.6) is 0 Å². The zero-order valence-corrected chi connectivity index (χ0v) is 5.62. The molecule has 0 fully saturated rings. The van der Waals surface area contributed by atoms with Crippen LogP contribution in [0.2, 0.25) is 0 Å². The Hall–Kier alpha value is -0.920. The second kappa shape index (κ2) is 2.37. The van der Waals surface area contributed by atoms with Gasteiger partial charge in [0.05, 0.1) is 0 Å². The van der Waals surface area contributed by atoms with Crippen molar-refractivity contribution in [2.75, 3.05) is 0 Å². The third kappa shape index (κ3) is 1.15. The first-order valence-corrected chi connectivity index (χ1v) is 2.89. The molecule has 1 aromatic carbocycles. The number of hydrogen-bond acceptors (Lipinski definition) is 0. The highest BCUT2D eigenvalue weighted by molar-refractivity contribution is 5.29. The van der Waals surface area contributed by atoms with Crippen molar-refractivity contribution in [3.05, 3.63) is 41.8 Å². The van der Waals surface area contributed by atoms with Gasteiger partial charge in [0.2, 0.25) is 0 Å². The number of benzene rings is 1. The van der Waals surface area contributed by atoms with Gasteiger partial charge < -0.3 is 0 Å². The second-order valence-corrected chi connectivity index (χ2v) is 2.17. The molecule has 0 atom stereocenters. The summed E-state index contributed by atoms with van der Waals surface area (Å²) < 4.78 is 24.9. The average Bonchev–Trinajstić information content (AvgIpc) is 1.82. The van der Waals surface area contributed by atoms with E-state index in [9.17, 15) is 8.78 Å². The van der Waals surface area contributed by atoms with E-state index >= 15 is 0 Å². The SMILES string of the molecule is [CH2]c1cc(F)cc(F)c1C. The molecule has 53 valence electrons. The van der Waals surface area contributed by atoms with Crippen LogP contribution in [0.25, 0.3) is 0 Å². The largest absolute Gasteiger partial charge is 0.207 e. The van der Waals surface area contributed by atoms with Crippen LogP contribution in [0, 0.1) is 25.5 Å². The molecule has 1 radical (unpaired) electrons. The Balaban J connectivity index is 3.31. The maximum atomic E-state index is 12.6. The fraction of sp³-hybridized carbons (Fsp3) is 0.125. The van der Waals surface area contributed by atoms with Crippen molar-refractivity contribution in [2.24, 2.45) is 0 Å². The summed E-state index contributed by atoms with van der Waals surface area (Å²) in [6.45, 7) is 5.03. The molecular weight excluding hydrogens is 134 g/mol. The lowest BCUT2D eigenvalue weighted by molar-refractivity contribution is 0.576. The summed E-state index contributed by atoms with van der Waals surface area (Å²) in [5.41, 5.74) is 0.805. The predicted octanol–water partition coefficient (Wildman–Crippen LogP) is 2.46. The van der Waals surface area contributed by atoms with Crippen LogP contribution in [-0.2, 0) is 0 Å². The van der Waals surface area contributed by atoms with E-state index in [0.717, 1.165) is 6.07 Å². The molecule has 0 amide bonds. The third-order valence-electron chi connectivity index (χ3n) is 1.42. The van der Waals surface area contributed by atoms with Crippen molar-refractivity contribution in [1.82, 2.24) is 0 Å². The second-order valence-electron chi connectivity index (χ2n) is 2.17. The summed E-state index contributed by atoms with van der Waals surface area (Å²) in [7, 11) is 0. The van der Waals surface area contributed by atoms with Gasteiger partial charge in [0.25, 0.3) is 0 Å². The molecule has 2 heteroatoms. The van der Waals surface area contributed by atoms with Crippen LogP contribution in [-0.4, -0.2) is 0 Å².